The number of aromatic nitrogens is 2. The average molecular weight is 458 g/mol. The molecule has 6 rings (SSSR count). The summed E-state index contributed by atoms with van der Waals surface area (Å²) in [6.07, 6.45) is 1.78. The molecule has 4 heterocycles. The highest BCUT2D eigenvalue weighted by Gasteiger charge is 2.29. The zero-order valence-corrected chi connectivity index (χ0v) is 18.3. The number of anilines is 1. The first-order chi connectivity index (χ1) is 16.6. The topological polar surface area (TPSA) is 94.4 Å². The van der Waals surface area contributed by atoms with Crippen LogP contribution < -0.4 is 15.8 Å². The van der Waals surface area contributed by atoms with Crippen LogP contribution in [0.3, 0.4) is 0 Å². The monoisotopic (exact) mass is 458 g/mol. The summed E-state index contributed by atoms with van der Waals surface area (Å²) in [5.41, 5.74) is 1.78. The molecule has 2 atom stereocenters. The average Bonchev–Trinajstić information content (AvgIpc) is 3.28. The predicted molar refractivity (Wildman–Crippen MR) is 130 cm³/mol. The standard InChI is InChI=1S/C26H23FN4O3/c27-16-6-5-15-7-9-28-25(19(15)11-16)31-10-8-21(22(32)14-31)29-13-17-12-20-24(30-17)18-3-1-2-4-23(18)34-26(20)33/h1-7,9,11-12,21-22,29-30,32H,8,10,13-14H2. The SMILES string of the molecule is O=c1oc2ccccc2c2[nH]c(CNC3CCN(c4nccc5ccc(F)cc45)CC3O)cc12. The summed E-state index contributed by atoms with van der Waals surface area (Å²) >= 11 is 0. The van der Waals surface area contributed by atoms with Crippen molar-refractivity contribution >= 4 is 38.5 Å². The molecule has 0 aliphatic carbocycles. The lowest BCUT2D eigenvalue weighted by Gasteiger charge is -2.37. The lowest BCUT2D eigenvalue weighted by molar-refractivity contribution is 0.112. The summed E-state index contributed by atoms with van der Waals surface area (Å²) in [4.78, 5) is 22.2. The molecule has 2 unspecified atom stereocenters. The number of hydrogen-bond acceptors (Lipinski definition) is 6. The van der Waals surface area contributed by atoms with Crippen molar-refractivity contribution in [2.45, 2.75) is 25.1 Å². The minimum atomic E-state index is -0.630. The summed E-state index contributed by atoms with van der Waals surface area (Å²) in [5.74, 6) is 0.378. The Morgan fingerprint density at radius 2 is 2.03 bits per heavy atom. The number of aromatic amines is 1. The van der Waals surface area contributed by atoms with Crippen LogP contribution in [0, 0.1) is 5.82 Å². The quantitative estimate of drug-likeness (QED) is 0.356. The minimum Gasteiger partial charge on any atom is -0.422 e. The molecule has 0 bridgehead atoms. The van der Waals surface area contributed by atoms with Gasteiger partial charge in [0.15, 0.2) is 0 Å². The molecule has 0 radical (unpaired) electrons. The van der Waals surface area contributed by atoms with Crippen LogP contribution >= 0.6 is 0 Å². The molecule has 1 aliphatic rings. The van der Waals surface area contributed by atoms with E-state index in [2.05, 4.69) is 15.3 Å². The summed E-state index contributed by atoms with van der Waals surface area (Å²) in [5, 5.41) is 17.3. The van der Waals surface area contributed by atoms with E-state index in [0.717, 1.165) is 27.4 Å². The van der Waals surface area contributed by atoms with Gasteiger partial charge in [0.05, 0.1) is 17.0 Å². The van der Waals surface area contributed by atoms with Crippen molar-refractivity contribution in [3.05, 3.63) is 82.7 Å². The van der Waals surface area contributed by atoms with Crippen molar-refractivity contribution in [3.8, 4) is 0 Å². The number of aliphatic hydroxyl groups is 1. The molecule has 8 heteroatoms. The molecule has 0 saturated carbocycles. The second-order valence-corrected chi connectivity index (χ2v) is 8.76. The summed E-state index contributed by atoms with van der Waals surface area (Å²) in [7, 11) is 0. The number of hydrogen-bond donors (Lipinski definition) is 3. The van der Waals surface area contributed by atoms with Gasteiger partial charge in [0.2, 0.25) is 0 Å². The molecular weight excluding hydrogens is 435 g/mol. The number of pyridine rings is 1. The molecule has 1 saturated heterocycles. The van der Waals surface area contributed by atoms with Gasteiger partial charge in [0.1, 0.15) is 17.2 Å². The maximum atomic E-state index is 13.8. The number of aliphatic hydroxyl groups excluding tert-OH is 1. The van der Waals surface area contributed by atoms with Gasteiger partial charge in [-0.25, -0.2) is 14.2 Å². The second-order valence-electron chi connectivity index (χ2n) is 8.76. The summed E-state index contributed by atoms with van der Waals surface area (Å²) < 4.78 is 19.3. The van der Waals surface area contributed by atoms with Gasteiger partial charge >= 0.3 is 5.63 Å². The van der Waals surface area contributed by atoms with Crippen LogP contribution in [0.15, 0.2) is 70.0 Å². The first kappa shape index (κ1) is 20.8. The van der Waals surface area contributed by atoms with Gasteiger partial charge in [-0.15, -0.1) is 0 Å². The van der Waals surface area contributed by atoms with Crippen LogP contribution in [0.5, 0.6) is 0 Å². The maximum absolute atomic E-state index is 13.8. The molecule has 2 aromatic carbocycles. The van der Waals surface area contributed by atoms with Gasteiger partial charge in [-0.1, -0.05) is 18.2 Å². The third kappa shape index (κ3) is 3.61. The second kappa shape index (κ2) is 8.23. The van der Waals surface area contributed by atoms with E-state index in [0.29, 0.717) is 42.8 Å². The van der Waals surface area contributed by atoms with Crippen molar-refractivity contribution in [2.24, 2.45) is 0 Å². The Bertz CT molecular complexity index is 1580. The van der Waals surface area contributed by atoms with Crippen molar-refractivity contribution in [1.29, 1.82) is 0 Å². The van der Waals surface area contributed by atoms with Gasteiger partial charge < -0.3 is 24.7 Å². The minimum absolute atomic E-state index is 0.123. The number of nitrogens with zero attached hydrogens (tertiary/aromatic N) is 2. The van der Waals surface area contributed by atoms with Gasteiger partial charge in [0, 0.05) is 48.3 Å². The lowest BCUT2D eigenvalue weighted by Crippen LogP contribution is -2.52. The van der Waals surface area contributed by atoms with Crippen molar-refractivity contribution in [1.82, 2.24) is 15.3 Å². The molecule has 1 fully saturated rings. The van der Waals surface area contributed by atoms with E-state index in [1.165, 1.54) is 12.1 Å². The van der Waals surface area contributed by atoms with Crippen LogP contribution in [-0.2, 0) is 6.54 Å². The summed E-state index contributed by atoms with van der Waals surface area (Å²) in [6, 6.07) is 15.6. The van der Waals surface area contributed by atoms with Crippen molar-refractivity contribution in [2.75, 3.05) is 18.0 Å². The van der Waals surface area contributed by atoms with E-state index in [4.69, 9.17) is 4.42 Å². The van der Waals surface area contributed by atoms with Gasteiger partial charge in [0.25, 0.3) is 0 Å². The molecule has 3 N–H and O–H groups in total. The van der Waals surface area contributed by atoms with Crippen molar-refractivity contribution < 1.29 is 13.9 Å². The Kier molecular flexibility index (Phi) is 5.04. The van der Waals surface area contributed by atoms with Crippen LogP contribution in [0.2, 0.25) is 0 Å². The highest BCUT2D eigenvalue weighted by molar-refractivity contribution is 6.02. The van der Waals surface area contributed by atoms with E-state index in [-0.39, 0.29) is 17.5 Å². The molecule has 3 aromatic heterocycles. The highest BCUT2D eigenvalue weighted by atomic mass is 19.1. The largest absolute Gasteiger partial charge is 0.422 e. The van der Waals surface area contributed by atoms with E-state index in [9.17, 15) is 14.3 Å². The van der Waals surface area contributed by atoms with Gasteiger partial charge in [-0.3, -0.25) is 0 Å². The number of β-amino-alcohol motifs (C(OH)–C–C–N with tert-alkyl or cyclic N) is 1. The lowest BCUT2D eigenvalue weighted by atomic mass is 10.0. The van der Waals surface area contributed by atoms with Crippen LogP contribution in [0.4, 0.5) is 10.2 Å². The maximum Gasteiger partial charge on any atom is 0.345 e. The zero-order valence-electron chi connectivity index (χ0n) is 18.3. The van der Waals surface area contributed by atoms with Crippen molar-refractivity contribution in [3.63, 3.8) is 0 Å². The number of benzene rings is 2. The van der Waals surface area contributed by atoms with Gasteiger partial charge in [-0.05, 0) is 48.2 Å². The highest BCUT2D eigenvalue weighted by Crippen LogP contribution is 2.28. The molecular formula is C26H23FN4O3. The van der Waals surface area contributed by atoms with E-state index < -0.39 is 6.10 Å². The first-order valence-electron chi connectivity index (χ1n) is 11.3. The number of piperidine rings is 1. The van der Waals surface area contributed by atoms with E-state index in [1.54, 1.807) is 24.4 Å². The Hall–Kier alpha value is -3.75. The normalized spacial score (nSPS) is 18.8. The van der Waals surface area contributed by atoms with Crippen LogP contribution in [0.1, 0.15) is 12.1 Å². The zero-order chi connectivity index (χ0) is 23.2. The summed E-state index contributed by atoms with van der Waals surface area (Å²) in [6.45, 7) is 1.54. The predicted octanol–water partition coefficient (Wildman–Crippen LogP) is 3.69. The number of nitrogens with one attached hydrogen (secondary N) is 2. The smallest absolute Gasteiger partial charge is 0.345 e. The number of H-pyrrole nitrogens is 1. The fourth-order valence-electron chi connectivity index (χ4n) is 4.88. The molecule has 5 aromatic rings. The Morgan fingerprint density at radius 1 is 1.15 bits per heavy atom. The molecule has 1 aliphatic heterocycles. The molecule has 172 valence electrons. The van der Waals surface area contributed by atoms with E-state index >= 15 is 0 Å². The number of para-hydroxylation sites is 1. The fourth-order valence-corrected chi connectivity index (χ4v) is 4.88. The van der Waals surface area contributed by atoms with Crippen LogP contribution in [0.25, 0.3) is 32.6 Å². The van der Waals surface area contributed by atoms with Crippen LogP contribution in [-0.4, -0.2) is 40.3 Å². The number of halogens is 1. The fraction of sp³-hybridized carbons (Fsp3) is 0.231. The first-order valence-corrected chi connectivity index (χ1v) is 11.3. The molecule has 0 spiro atoms. The van der Waals surface area contributed by atoms with Gasteiger partial charge in [-0.2, -0.15) is 0 Å². The third-order valence-corrected chi connectivity index (χ3v) is 6.60. The van der Waals surface area contributed by atoms with E-state index in [1.807, 2.05) is 29.2 Å². The Balaban J connectivity index is 1.18. The number of rotatable bonds is 4. The number of fused-ring (bicyclic) bond motifs is 4. The molecule has 34 heavy (non-hydrogen) atoms. The molecule has 0 amide bonds. The Morgan fingerprint density at radius 3 is 2.91 bits per heavy atom. The third-order valence-electron chi connectivity index (χ3n) is 6.60. The Labute approximate surface area is 193 Å². The molecule has 7 nitrogen and oxygen atoms in total.